The van der Waals surface area contributed by atoms with E-state index in [1.54, 1.807) is 0 Å². The van der Waals surface area contributed by atoms with Gasteiger partial charge in [0.2, 0.25) is 5.91 Å². The quantitative estimate of drug-likeness (QED) is 0.0275. The van der Waals surface area contributed by atoms with Crippen molar-refractivity contribution in [3.05, 3.63) is 48.1 Å². The van der Waals surface area contributed by atoms with Gasteiger partial charge in [0.25, 0.3) is 5.91 Å². The fraction of sp³-hybridized carbons (Fsp3) is 0.797. The summed E-state index contributed by atoms with van der Waals surface area (Å²) in [5, 5.41) is 9.43. The number of unbranched alkanes of at least 4 members (excludes halogenated alkanes) is 24. The van der Waals surface area contributed by atoms with Gasteiger partial charge in [-0.1, -0.05) is 154 Å². The van der Waals surface area contributed by atoms with E-state index in [1.165, 1.54) is 154 Å². The standard InChI is InChI=1S/C59H111N7O4/c1-3-5-7-9-11-13-15-17-19-21-23-25-27-29-31-33-51-69-56-41-40-54(53-57(56)70-52-34-32-30-28-26-24-22-20-18-16-14-12-10-8-6-4-2)58(67)64-46-47-65-59(68)55(63-45-36-42-60)39-35-48-66(49-37-43-61)50-38-44-62/h17-20,40-41,53,55,63H,3-16,21-39,42-52,60-62H2,1-2H3,(H,64,67)(H,65,68)/b19-17-,20-18-/t55-/m1/s1. The topological polar surface area (TPSA) is 170 Å². The maximum absolute atomic E-state index is 13.4. The molecule has 11 nitrogen and oxygen atoms in total. The Bertz CT molecular complexity index is 1370. The van der Waals surface area contributed by atoms with Crippen LogP contribution in [-0.2, 0) is 4.79 Å². The maximum atomic E-state index is 13.4. The molecule has 1 rings (SSSR count). The van der Waals surface area contributed by atoms with E-state index in [4.69, 9.17) is 26.7 Å². The molecule has 0 aliphatic rings. The van der Waals surface area contributed by atoms with E-state index >= 15 is 0 Å². The first-order valence-corrected chi connectivity index (χ1v) is 29.3. The molecule has 70 heavy (non-hydrogen) atoms. The van der Waals surface area contributed by atoms with Crippen molar-refractivity contribution in [2.24, 2.45) is 17.2 Å². The Labute approximate surface area is 430 Å². The van der Waals surface area contributed by atoms with Gasteiger partial charge in [0.15, 0.2) is 11.5 Å². The lowest BCUT2D eigenvalue weighted by atomic mass is 10.1. The second-order valence-electron chi connectivity index (χ2n) is 19.7. The molecule has 2 amide bonds. The fourth-order valence-electron chi connectivity index (χ4n) is 8.72. The maximum Gasteiger partial charge on any atom is 0.251 e. The van der Waals surface area contributed by atoms with Gasteiger partial charge in [0, 0.05) is 18.7 Å². The number of allylic oxidation sites excluding steroid dienone is 4. The second-order valence-corrected chi connectivity index (χ2v) is 19.7. The number of carbonyl (C=O) groups excluding carboxylic acids is 2. The van der Waals surface area contributed by atoms with Crippen LogP contribution in [0.25, 0.3) is 0 Å². The summed E-state index contributed by atoms with van der Waals surface area (Å²) >= 11 is 0. The molecule has 0 aliphatic heterocycles. The molecule has 1 aromatic carbocycles. The summed E-state index contributed by atoms with van der Waals surface area (Å²) in [5.41, 5.74) is 17.8. The first kappa shape index (κ1) is 65.1. The summed E-state index contributed by atoms with van der Waals surface area (Å²) in [6.07, 6.45) is 49.3. The average Bonchev–Trinajstić information content (AvgIpc) is 3.37. The Morgan fingerprint density at radius 1 is 0.500 bits per heavy atom. The number of nitrogens with two attached hydrogens (primary N) is 3. The van der Waals surface area contributed by atoms with Crippen LogP contribution in [0.2, 0.25) is 0 Å². The van der Waals surface area contributed by atoms with Gasteiger partial charge in [-0.2, -0.15) is 0 Å². The van der Waals surface area contributed by atoms with Crippen LogP contribution in [0.5, 0.6) is 11.5 Å². The molecule has 0 radical (unpaired) electrons. The second kappa shape index (κ2) is 51.0. The Kier molecular flexibility index (Phi) is 47.4. The molecule has 0 spiro atoms. The number of carbonyl (C=O) groups is 2. The van der Waals surface area contributed by atoms with Gasteiger partial charge in [-0.05, 0) is 160 Å². The minimum Gasteiger partial charge on any atom is -0.490 e. The zero-order valence-electron chi connectivity index (χ0n) is 45.5. The average molecular weight is 983 g/mol. The summed E-state index contributed by atoms with van der Waals surface area (Å²) in [5.74, 6) is 1.04. The summed E-state index contributed by atoms with van der Waals surface area (Å²) < 4.78 is 12.6. The molecule has 11 heteroatoms. The molecule has 1 atom stereocenters. The molecule has 0 saturated carbocycles. The van der Waals surface area contributed by atoms with E-state index in [1.807, 2.05) is 18.2 Å². The SMILES string of the molecule is CCCCCCCC/C=C\CCCCCCCCOc1ccc(C(=O)NCCNC(=O)[C@@H](CCCN(CCCN)CCCN)NCCCN)cc1OCCCCCCCC/C=C\CCCCCCCC. The molecule has 0 bridgehead atoms. The number of hydrogen-bond acceptors (Lipinski definition) is 9. The van der Waals surface area contributed by atoms with E-state index in [2.05, 4.69) is 59.0 Å². The lowest BCUT2D eigenvalue weighted by Gasteiger charge is -2.24. The van der Waals surface area contributed by atoms with Gasteiger partial charge in [0.05, 0.1) is 19.3 Å². The predicted octanol–water partition coefficient (Wildman–Crippen LogP) is 12.5. The predicted molar refractivity (Wildman–Crippen MR) is 300 cm³/mol. The number of nitrogens with zero attached hydrogens (tertiary/aromatic N) is 1. The van der Waals surface area contributed by atoms with Gasteiger partial charge in [-0.3, -0.25) is 9.59 Å². The molecule has 0 saturated heterocycles. The highest BCUT2D eigenvalue weighted by Gasteiger charge is 2.18. The van der Waals surface area contributed by atoms with Crippen LogP contribution in [0.3, 0.4) is 0 Å². The van der Waals surface area contributed by atoms with E-state index in [0.717, 1.165) is 71.0 Å². The number of rotatable bonds is 53. The van der Waals surface area contributed by atoms with Gasteiger partial charge in [-0.25, -0.2) is 0 Å². The molecule has 0 fully saturated rings. The summed E-state index contributed by atoms with van der Waals surface area (Å²) in [7, 11) is 0. The highest BCUT2D eigenvalue weighted by molar-refractivity contribution is 5.95. The Hall–Kier alpha value is -2.96. The number of ether oxygens (including phenoxy) is 2. The molecule has 0 unspecified atom stereocenters. The minimum absolute atomic E-state index is 0.0630. The van der Waals surface area contributed by atoms with Crippen LogP contribution in [0.1, 0.15) is 236 Å². The zero-order valence-corrected chi connectivity index (χ0v) is 45.5. The van der Waals surface area contributed by atoms with Crippen LogP contribution in [-0.4, -0.2) is 94.9 Å². The molecule has 0 aromatic heterocycles. The number of amides is 2. The van der Waals surface area contributed by atoms with E-state index in [0.29, 0.717) is 76.0 Å². The third-order valence-electron chi connectivity index (χ3n) is 13.2. The summed E-state index contributed by atoms with van der Waals surface area (Å²) in [6, 6.07) is 5.17. The first-order valence-electron chi connectivity index (χ1n) is 29.3. The molecule has 1 aromatic rings. The number of hydrogen-bond donors (Lipinski definition) is 6. The molecule has 406 valence electrons. The molecular weight excluding hydrogens is 871 g/mol. The Morgan fingerprint density at radius 2 is 0.929 bits per heavy atom. The van der Waals surface area contributed by atoms with Crippen molar-refractivity contribution in [1.82, 2.24) is 20.9 Å². The van der Waals surface area contributed by atoms with Crippen LogP contribution < -0.4 is 42.6 Å². The van der Waals surface area contributed by atoms with E-state index in [-0.39, 0.29) is 17.9 Å². The van der Waals surface area contributed by atoms with Crippen LogP contribution in [0, 0.1) is 0 Å². The third-order valence-corrected chi connectivity index (χ3v) is 13.2. The van der Waals surface area contributed by atoms with Crippen LogP contribution >= 0.6 is 0 Å². The van der Waals surface area contributed by atoms with E-state index < -0.39 is 0 Å². The molecule has 9 N–H and O–H groups in total. The highest BCUT2D eigenvalue weighted by atomic mass is 16.5. The van der Waals surface area contributed by atoms with Crippen molar-refractivity contribution in [2.45, 2.75) is 232 Å². The summed E-state index contributed by atoms with van der Waals surface area (Å²) in [6.45, 7) is 11.7. The van der Waals surface area contributed by atoms with Crippen molar-refractivity contribution >= 4 is 11.8 Å². The van der Waals surface area contributed by atoms with Crippen molar-refractivity contribution < 1.29 is 19.1 Å². The van der Waals surface area contributed by atoms with Crippen molar-refractivity contribution in [1.29, 1.82) is 0 Å². The van der Waals surface area contributed by atoms with Crippen molar-refractivity contribution in [3.8, 4) is 11.5 Å². The first-order chi connectivity index (χ1) is 34.5. The fourth-order valence-corrected chi connectivity index (χ4v) is 8.72. The normalized spacial score (nSPS) is 12.1. The van der Waals surface area contributed by atoms with Gasteiger partial charge in [0.1, 0.15) is 0 Å². The zero-order chi connectivity index (χ0) is 50.6. The number of nitrogens with one attached hydrogen (secondary N) is 3. The van der Waals surface area contributed by atoms with Gasteiger partial charge in [-0.15, -0.1) is 0 Å². The Morgan fingerprint density at radius 3 is 1.41 bits per heavy atom. The van der Waals surface area contributed by atoms with Crippen molar-refractivity contribution in [3.63, 3.8) is 0 Å². The lowest BCUT2D eigenvalue weighted by Crippen LogP contribution is -2.47. The Balaban J connectivity index is 2.62. The van der Waals surface area contributed by atoms with Crippen molar-refractivity contribution in [2.75, 3.05) is 72.1 Å². The van der Waals surface area contributed by atoms with E-state index in [9.17, 15) is 9.59 Å². The van der Waals surface area contributed by atoms with Crippen LogP contribution in [0.4, 0.5) is 0 Å². The number of benzene rings is 1. The monoisotopic (exact) mass is 982 g/mol. The van der Waals surface area contributed by atoms with Gasteiger partial charge < -0.3 is 47.5 Å². The highest BCUT2D eigenvalue weighted by Crippen LogP contribution is 2.29. The minimum atomic E-state index is -0.330. The molecule has 0 heterocycles. The van der Waals surface area contributed by atoms with Crippen LogP contribution in [0.15, 0.2) is 42.5 Å². The third kappa shape index (κ3) is 39.6. The molecular formula is C59H111N7O4. The lowest BCUT2D eigenvalue weighted by molar-refractivity contribution is -0.123. The van der Waals surface area contributed by atoms with Gasteiger partial charge >= 0.3 is 0 Å². The largest absolute Gasteiger partial charge is 0.490 e. The smallest absolute Gasteiger partial charge is 0.251 e. The summed E-state index contributed by atoms with van der Waals surface area (Å²) in [4.78, 5) is 29.1. The molecule has 0 aliphatic carbocycles.